The number of terminal acetylenes is 1. The van der Waals surface area contributed by atoms with E-state index in [1.807, 2.05) is 4.90 Å². The molecule has 0 bridgehead atoms. The average Bonchev–Trinajstić information content (AvgIpc) is 3.58. The van der Waals surface area contributed by atoms with Crippen molar-refractivity contribution in [3.8, 4) is 35.4 Å². The first-order chi connectivity index (χ1) is 27.2. The van der Waals surface area contributed by atoms with Crippen LogP contribution in [-0.4, -0.2) is 109 Å². The lowest BCUT2D eigenvalue weighted by Crippen LogP contribution is -2.43. The molecule has 0 amide bonds. The van der Waals surface area contributed by atoms with Crippen molar-refractivity contribution in [2.45, 2.75) is 83.0 Å². The number of ether oxygens (including phenoxy) is 4. The number of aliphatic hydroxyl groups excluding tert-OH is 1. The van der Waals surface area contributed by atoms with Gasteiger partial charge in [0, 0.05) is 56.4 Å². The van der Waals surface area contributed by atoms with E-state index in [1.54, 1.807) is 18.2 Å². The molecule has 2 unspecified atom stereocenters. The van der Waals surface area contributed by atoms with Crippen molar-refractivity contribution in [2.75, 3.05) is 70.7 Å². The molecule has 4 aromatic rings. The average molecular weight is 776 g/mol. The molecule has 0 spiro atoms. The summed E-state index contributed by atoms with van der Waals surface area (Å²) in [4.78, 5) is 18.1. The van der Waals surface area contributed by atoms with Gasteiger partial charge >= 0.3 is 6.01 Å². The number of halogens is 3. The highest BCUT2D eigenvalue weighted by Gasteiger charge is 2.49. The quantitative estimate of drug-likeness (QED) is 0.117. The monoisotopic (exact) mass is 775 g/mol. The van der Waals surface area contributed by atoms with Crippen LogP contribution in [0.25, 0.3) is 32.9 Å². The predicted octanol–water partition coefficient (Wildman–Crippen LogP) is 7.26. The van der Waals surface area contributed by atoms with Gasteiger partial charge in [0.2, 0.25) is 0 Å². The maximum atomic E-state index is 17.2. The molecule has 0 saturated carbocycles. The Bertz CT molecular complexity index is 2040. The molecule has 5 heterocycles. The lowest BCUT2D eigenvalue weighted by molar-refractivity contribution is -0.00106. The van der Waals surface area contributed by atoms with Gasteiger partial charge in [0.1, 0.15) is 54.1 Å². The van der Waals surface area contributed by atoms with E-state index in [0.29, 0.717) is 74.1 Å². The van der Waals surface area contributed by atoms with E-state index < -0.39 is 29.4 Å². The van der Waals surface area contributed by atoms with Crippen molar-refractivity contribution >= 4 is 27.5 Å². The number of pyridine rings is 1. The molecule has 2 aromatic carbocycles. The summed E-state index contributed by atoms with van der Waals surface area (Å²) < 4.78 is 70.9. The van der Waals surface area contributed by atoms with Crippen LogP contribution in [0.1, 0.15) is 70.8 Å². The number of benzene rings is 2. The Balaban J connectivity index is 1.24. The van der Waals surface area contributed by atoms with E-state index >= 15 is 8.78 Å². The van der Waals surface area contributed by atoms with Crippen LogP contribution in [0, 0.1) is 29.9 Å². The first-order valence-corrected chi connectivity index (χ1v) is 20.1. The van der Waals surface area contributed by atoms with Crippen LogP contribution in [0.3, 0.4) is 0 Å². The normalized spacial score (nSPS) is 21.2. The second kappa shape index (κ2) is 17.9. The minimum Gasteiger partial charge on any atom is -0.491 e. The number of aliphatic hydroxyl groups is 1. The Kier molecular flexibility index (Phi) is 12.8. The zero-order chi connectivity index (χ0) is 39.2. The van der Waals surface area contributed by atoms with Crippen molar-refractivity contribution in [3.05, 3.63) is 47.7 Å². The van der Waals surface area contributed by atoms with Gasteiger partial charge in [-0.15, -0.1) is 6.42 Å². The van der Waals surface area contributed by atoms with Gasteiger partial charge in [-0.3, -0.25) is 9.88 Å². The van der Waals surface area contributed by atoms with E-state index in [9.17, 15) is 9.50 Å². The van der Waals surface area contributed by atoms with Crippen LogP contribution in [0.2, 0.25) is 0 Å². The second-order valence-corrected chi connectivity index (χ2v) is 15.4. The maximum Gasteiger partial charge on any atom is 0.319 e. The minimum absolute atomic E-state index is 0.0265. The van der Waals surface area contributed by atoms with Gasteiger partial charge in [-0.05, 0) is 61.7 Å². The summed E-state index contributed by atoms with van der Waals surface area (Å²) in [6, 6.07) is 6.01. The molecule has 10 nitrogen and oxygen atoms in total. The molecule has 1 N–H and O–H groups in total. The number of aromatic nitrogens is 3. The molecule has 0 radical (unpaired) electrons. The zero-order valence-electron chi connectivity index (χ0n) is 32.4. The van der Waals surface area contributed by atoms with Crippen molar-refractivity contribution in [2.24, 2.45) is 5.92 Å². The molecule has 7 rings (SSSR count). The standard InChI is InChI=1S/C43H52F3N5O5/c1-4-7-10-28(5-2)24-54-25-31(52)26-55-32-19-29-11-12-36(45)33(6-3)37(29)34(20-32)39-38(46)40-35(22-47-39)41(50-14-9-17-53-18-16-50)49-42(48-40)56-27-43-13-8-15-51(43)23-30(44)21-43/h3,11-12,19-20,22,28,30-31,52H,4-5,7-10,13-18,21,23-27H2,1-2H3/t28?,30-,31?,43+/m1/s1. The van der Waals surface area contributed by atoms with Crippen molar-refractivity contribution in [1.29, 1.82) is 0 Å². The van der Waals surface area contributed by atoms with Gasteiger partial charge in [-0.1, -0.05) is 45.1 Å². The maximum absolute atomic E-state index is 17.2. The van der Waals surface area contributed by atoms with Crippen molar-refractivity contribution < 1.29 is 37.2 Å². The van der Waals surface area contributed by atoms with E-state index in [0.717, 1.165) is 51.5 Å². The summed E-state index contributed by atoms with van der Waals surface area (Å²) in [5, 5.41) is 11.9. The number of rotatable bonds is 16. The lowest BCUT2D eigenvalue weighted by atomic mass is 9.95. The Morgan fingerprint density at radius 3 is 2.77 bits per heavy atom. The Hall–Kier alpha value is -4.22. The third-order valence-corrected chi connectivity index (χ3v) is 11.5. The van der Waals surface area contributed by atoms with Crippen molar-refractivity contribution in [3.63, 3.8) is 0 Å². The molecule has 3 saturated heterocycles. The fourth-order valence-electron chi connectivity index (χ4n) is 8.45. The number of hydrogen-bond acceptors (Lipinski definition) is 10. The van der Waals surface area contributed by atoms with Crippen molar-refractivity contribution in [1.82, 2.24) is 19.9 Å². The number of fused-ring (bicyclic) bond motifs is 3. The number of unbranched alkanes of at least 4 members (excludes halogenated alkanes) is 1. The van der Waals surface area contributed by atoms with E-state index in [2.05, 4.69) is 34.6 Å². The second-order valence-electron chi connectivity index (χ2n) is 15.4. The third kappa shape index (κ3) is 8.54. The Morgan fingerprint density at radius 1 is 1.07 bits per heavy atom. The molecule has 2 aromatic heterocycles. The van der Waals surface area contributed by atoms with Crippen LogP contribution in [0.5, 0.6) is 11.8 Å². The third-order valence-electron chi connectivity index (χ3n) is 11.5. The number of alkyl halides is 1. The molecular weight excluding hydrogens is 723 g/mol. The Morgan fingerprint density at radius 2 is 1.95 bits per heavy atom. The summed E-state index contributed by atoms with van der Waals surface area (Å²) in [6.07, 6.45) is 12.7. The van der Waals surface area contributed by atoms with Gasteiger partial charge in [0.25, 0.3) is 0 Å². The highest BCUT2D eigenvalue weighted by atomic mass is 19.1. The number of hydrogen-bond donors (Lipinski definition) is 1. The molecule has 3 fully saturated rings. The molecule has 3 aliphatic heterocycles. The number of anilines is 1. The molecule has 56 heavy (non-hydrogen) atoms. The van der Waals surface area contributed by atoms with E-state index in [1.165, 1.54) is 12.3 Å². The molecule has 0 aliphatic carbocycles. The predicted molar refractivity (Wildman–Crippen MR) is 210 cm³/mol. The molecular formula is C43H52F3N5O5. The van der Waals surface area contributed by atoms with Crippen LogP contribution in [0.4, 0.5) is 19.0 Å². The molecule has 300 valence electrons. The van der Waals surface area contributed by atoms with E-state index in [-0.39, 0.29) is 53.6 Å². The highest BCUT2D eigenvalue weighted by Crippen LogP contribution is 2.42. The van der Waals surface area contributed by atoms with E-state index in [4.69, 9.17) is 30.4 Å². The molecule has 3 aliphatic rings. The summed E-state index contributed by atoms with van der Waals surface area (Å²) in [5.41, 5.74) is -0.471. The number of nitrogens with zero attached hydrogens (tertiary/aromatic N) is 5. The fourth-order valence-corrected chi connectivity index (χ4v) is 8.45. The minimum atomic E-state index is -0.937. The smallest absolute Gasteiger partial charge is 0.319 e. The zero-order valence-corrected chi connectivity index (χ0v) is 32.4. The largest absolute Gasteiger partial charge is 0.491 e. The van der Waals surface area contributed by atoms with Gasteiger partial charge < -0.3 is 29.0 Å². The van der Waals surface area contributed by atoms with Gasteiger partial charge in [0.15, 0.2) is 5.82 Å². The first-order valence-electron chi connectivity index (χ1n) is 20.1. The summed E-state index contributed by atoms with van der Waals surface area (Å²) >= 11 is 0. The van der Waals surface area contributed by atoms with Crippen LogP contribution >= 0.6 is 0 Å². The van der Waals surface area contributed by atoms with Gasteiger partial charge in [-0.25, -0.2) is 13.2 Å². The summed E-state index contributed by atoms with van der Waals surface area (Å²) in [6.45, 7) is 8.37. The highest BCUT2D eigenvalue weighted by molar-refractivity contribution is 6.03. The summed E-state index contributed by atoms with van der Waals surface area (Å²) in [7, 11) is 0. The molecule has 13 heteroatoms. The SMILES string of the molecule is C#Cc1c(F)ccc2cc(OCC(O)COCC(CC)CCCC)cc(-c3ncc4c(N5CCCOCC5)nc(OC[C@@]56CCCN5C[C@H](F)C6)nc4c3F)c12. The lowest BCUT2D eigenvalue weighted by Gasteiger charge is -2.31. The van der Waals surface area contributed by atoms with Gasteiger partial charge in [-0.2, -0.15) is 9.97 Å². The topological polar surface area (TPSA) is 102 Å². The van der Waals surface area contributed by atoms with Crippen LogP contribution in [-0.2, 0) is 9.47 Å². The first kappa shape index (κ1) is 40.0. The fraction of sp³-hybridized carbons (Fsp3) is 0.558. The summed E-state index contributed by atoms with van der Waals surface area (Å²) in [5.74, 6) is 2.20. The van der Waals surface area contributed by atoms with Crippen LogP contribution < -0.4 is 14.4 Å². The Labute approximate surface area is 326 Å². The van der Waals surface area contributed by atoms with Crippen LogP contribution in [0.15, 0.2) is 30.5 Å². The van der Waals surface area contributed by atoms with Gasteiger partial charge in [0.05, 0.1) is 29.7 Å². The molecule has 4 atom stereocenters.